The molecule has 0 spiro atoms. The molecule has 0 amide bonds. The monoisotopic (exact) mass is 487 g/mol. The van der Waals surface area contributed by atoms with E-state index in [4.69, 9.17) is 8.23 Å². The summed E-state index contributed by atoms with van der Waals surface area (Å²) in [6.07, 6.45) is 1.66. The van der Waals surface area contributed by atoms with E-state index >= 15 is 0 Å². The normalized spacial score (nSPS) is 13.1. The molecule has 32 heavy (non-hydrogen) atoms. The van der Waals surface area contributed by atoms with E-state index in [2.05, 4.69) is 62.1 Å². The fourth-order valence-corrected chi connectivity index (χ4v) is 16.7. The minimum atomic E-state index is -2.29. The summed E-state index contributed by atoms with van der Waals surface area (Å²) < 4.78 is 13.2. The number of fused-ring (bicyclic) bond motifs is 1. The maximum absolute atomic E-state index is 11.1. The quantitative estimate of drug-likeness (QED) is 0.367. The average molecular weight is 488 g/mol. The number of aromatic hydroxyl groups is 1. The van der Waals surface area contributed by atoms with Crippen molar-refractivity contribution in [2.24, 2.45) is 0 Å². The van der Waals surface area contributed by atoms with Crippen molar-refractivity contribution in [2.75, 3.05) is 0 Å². The number of hydrogen-bond acceptors (Lipinski definition) is 5. The van der Waals surface area contributed by atoms with Gasteiger partial charge >= 0.3 is 8.56 Å². The van der Waals surface area contributed by atoms with Crippen molar-refractivity contribution in [3.8, 4) is 11.4 Å². The highest BCUT2D eigenvalue weighted by atomic mass is 28.5. The average Bonchev–Trinajstić information content (AvgIpc) is 3.04. The van der Waals surface area contributed by atoms with Gasteiger partial charge in [0.1, 0.15) is 22.5 Å². The molecule has 0 fully saturated rings. The van der Waals surface area contributed by atoms with E-state index in [9.17, 15) is 5.11 Å². The van der Waals surface area contributed by atoms with Gasteiger partial charge in [0.05, 0.1) is 0 Å². The molecule has 1 aromatic heterocycles. The number of aromatic nitrogens is 3. The third-order valence-electron chi connectivity index (χ3n) is 4.94. The molecule has 3 aromatic rings. The van der Waals surface area contributed by atoms with Crippen molar-refractivity contribution in [3.05, 3.63) is 47.5 Å². The van der Waals surface area contributed by atoms with Crippen LogP contribution >= 0.6 is 0 Å². The molecule has 6 nitrogen and oxygen atoms in total. The Morgan fingerprint density at radius 1 is 0.875 bits per heavy atom. The first-order valence-electron chi connectivity index (χ1n) is 11.3. The van der Waals surface area contributed by atoms with Gasteiger partial charge in [0.2, 0.25) is 0 Å². The summed E-state index contributed by atoms with van der Waals surface area (Å²) in [7, 11) is -5.74. The first-order chi connectivity index (χ1) is 14.7. The number of phenolic OH excluding ortho intramolecular Hbond substituents is 1. The largest absolute Gasteiger partial charge is 0.505 e. The first kappa shape index (κ1) is 24.8. The summed E-state index contributed by atoms with van der Waals surface area (Å²) in [5.41, 5.74) is 4.23. The fourth-order valence-electron chi connectivity index (χ4n) is 4.16. The molecular formula is C23H37N3O3Si3. The number of phenols is 1. The van der Waals surface area contributed by atoms with Crippen molar-refractivity contribution in [1.29, 1.82) is 0 Å². The highest BCUT2D eigenvalue weighted by Crippen LogP contribution is 2.31. The number of rotatable bonds is 9. The van der Waals surface area contributed by atoms with Gasteiger partial charge < -0.3 is 13.3 Å². The van der Waals surface area contributed by atoms with Crippen LogP contribution in [-0.4, -0.2) is 45.3 Å². The van der Waals surface area contributed by atoms with E-state index < -0.39 is 25.2 Å². The van der Waals surface area contributed by atoms with E-state index in [1.807, 2.05) is 37.3 Å². The van der Waals surface area contributed by atoms with Gasteiger partial charge in [0.15, 0.2) is 16.6 Å². The second kappa shape index (κ2) is 9.22. The van der Waals surface area contributed by atoms with Crippen LogP contribution in [-0.2, 0) is 14.7 Å². The lowest BCUT2D eigenvalue weighted by atomic mass is 10.0. The zero-order valence-electron chi connectivity index (χ0n) is 20.7. The minimum Gasteiger partial charge on any atom is -0.505 e. The number of hydrogen-bond donors (Lipinski definition) is 1. The third-order valence-corrected chi connectivity index (χ3v) is 14.6. The van der Waals surface area contributed by atoms with E-state index in [0.29, 0.717) is 5.69 Å². The van der Waals surface area contributed by atoms with Crippen molar-refractivity contribution >= 4 is 36.2 Å². The molecule has 0 aliphatic rings. The number of aryl methyl sites for hydroxylation is 2. The zero-order chi connectivity index (χ0) is 23.7. The Morgan fingerprint density at radius 3 is 1.91 bits per heavy atom. The lowest BCUT2D eigenvalue weighted by Gasteiger charge is -2.38. The lowest BCUT2D eigenvalue weighted by Crippen LogP contribution is -2.52. The molecule has 1 N–H and O–H groups in total. The topological polar surface area (TPSA) is 69.4 Å². The predicted octanol–water partition coefficient (Wildman–Crippen LogP) is 6.14. The van der Waals surface area contributed by atoms with Gasteiger partial charge in [-0.3, -0.25) is 0 Å². The summed E-state index contributed by atoms with van der Waals surface area (Å²) in [6.45, 7) is 17.6. The molecule has 0 aliphatic carbocycles. The van der Waals surface area contributed by atoms with Crippen molar-refractivity contribution in [2.45, 2.75) is 71.6 Å². The molecule has 0 aliphatic heterocycles. The van der Waals surface area contributed by atoms with E-state index in [1.165, 1.54) is 4.80 Å². The SMILES string of the molecule is Cc1cc(CCC[Si](C)(O[Si](C)(C)C)O[Si](C)(C)C)c(O)c(-n2nc3ccccc3n2)c1. The molecule has 174 valence electrons. The van der Waals surface area contributed by atoms with Crippen molar-refractivity contribution in [1.82, 2.24) is 15.0 Å². The van der Waals surface area contributed by atoms with Gasteiger partial charge in [0.25, 0.3) is 0 Å². The molecule has 0 unspecified atom stereocenters. The second-order valence-corrected chi connectivity index (χ2v) is 23.5. The van der Waals surface area contributed by atoms with E-state index in [0.717, 1.165) is 41.0 Å². The molecule has 9 heteroatoms. The summed E-state index contributed by atoms with van der Waals surface area (Å²) in [6, 6.07) is 12.6. The molecule has 3 rings (SSSR count). The van der Waals surface area contributed by atoms with Gasteiger partial charge in [-0.05, 0) is 101 Å². The highest BCUT2D eigenvalue weighted by molar-refractivity contribution is 6.87. The summed E-state index contributed by atoms with van der Waals surface area (Å²) >= 11 is 0. The van der Waals surface area contributed by atoms with Crippen molar-refractivity contribution < 1.29 is 13.3 Å². The minimum absolute atomic E-state index is 0.247. The molecule has 0 saturated heterocycles. The Hall–Kier alpha value is -1.79. The van der Waals surface area contributed by atoms with Gasteiger partial charge in [0, 0.05) is 0 Å². The summed E-state index contributed by atoms with van der Waals surface area (Å²) in [4.78, 5) is 1.54. The smallest absolute Gasteiger partial charge is 0.314 e. The summed E-state index contributed by atoms with van der Waals surface area (Å²) in [5.74, 6) is 0.247. The summed E-state index contributed by atoms with van der Waals surface area (Å²) in [5, 5.41) is 20.2. The highest BCUT2D eigenvalue weighted by Gasteiger charge is 2.39. The first-order valence-corrected chi connectivity index (χ1v) is 20.6. The third kappa shape index (κ3) is 6.61. The van der Waals surface area contributed by atoms with Gasteiger partial charge in [-0.15, -0.1) is 15.0 Å². The second-order valence-electron chi connectivity index (χ2n) is 10.7. The van der Waals surface area contributed by atoms with Crippen LogP contribution in [0.5, 0.6) is 5.75 Å². The maximum Gasteiger partial charge on any atom is 0.314 e. The Balaban J connectivity index is 1.81. The molecule has 1 heterocycles. The van der Waals surface area contributed by atoms with Crippen LogP contribution < -0.4 is 0 Å². The molecule has 0 atom stereocenters. The fraction of sp³-hybridized carbons (Fsp3) is 0.478. The zero-order valence-corrected chi connectivity index (χ0v) is 23.7. The van der Waals surface area contributed by atoms with Crippen molar-refractivity contribution in [3.63, 3.8) is 0 Å². The van der Waals surface area contributed by atoms with E-state index in [-0.39, 0.29) is 5.75 Å². The predicted molar refractivity (Wildman–Crippen MR) is 139 cm³/mol. The molecule has 2 aromatic carbocycles. The number of benzene rings is 2. The maximum atomic E-state index is 11.1. The molecule has 0 saturated carbocycles. The molecule has 0 bridgehead atoms. The van der Waals surface area contributed by atoms with E-state index in [1.54, 1.807) is 0 Å². The standard InChI is InChI=1S/C23H37N3O3Si3/c1-18-16-19(12-11-15-32(8,28-30(2,3)4)29-31(5,6)7)23(27)22(17-18)26-24-20-13-9-10-14-21(20)25-26/h9-10,13-14,16-17,27H,11-12,15H2,1-8H3. The Kier molecular flexibility index (Phi) is 7.16. The van der Waals surface area contributed by atoms with Crippen LogP contribution in [0.15, 0.2) is 36.4 Å². The van der Waals surface area contributed by atoms with Crippen LogP contribution in [0.4, 0.5) is 0 Å². The number of nitrogens with zero attached hydrogens (tertiary/aromatic N) is 3. The molecular weight excluding hydrogens is 451 g/mol. The van der Waals surface area contributed by atoms with Crippen LogP contribution in [0.1, 0.15) is 17.5 Å². The van der Waals surface area contributed by atoms with Gasteiger partial charge in [-0.25, -0.2) is 0 Å². The van der Waals surface area contributed by atoms with Gasteiger partial charge in [-0.1, -0.05) is 18.2 Å². The van der Waals surface area contributed by atoms with Crippen LogP contribution in [0.25, 0.3) is 16.7 Å². The van der Waals surface area contributed by atoms with Crippen LogP contribution in [0.3, 0.4) is 0 Å². The Morgan fingerprint density at radius 2 is 1.41 bits per heavy atom. The van der Waals surface area contributed by atoms with Crippen LogP contribution in [0.2, 0.25) is 51.9 Å². The lowest BCUT2D eigenvalue weighted by molar-refractivity contribution is 0.381. The Labute approximate surface area is 195 Å². The Bertz CT molecular complexity index is 1040. The van der Waals surface area contributed by atoms with Crippen LogP contribution in [0, 0.1) is 6.92 Å². The van der Waals surface area contributed by atoms with Gasteiger partial charge in [-0.2, -0.15) is 0 Å². The molecule has 0 radical (unpaired) electrons.